The molecule has 2 atom stereocenters. The molecule has 0 aliphatic carbocycles. The van der Waals surface area contributed by atoms with Gasteiger partial charge in [-0.25, -0.2) is 32.9 Å². The van der Waals surface area contributed by atoms with Gasteiger partial charge in [0.1, 0.15) is 28.9 Å². The molecule has 0 radical (unpaired) electrons. The topological polar surface area (TPSA) is 242 Å². The quantitative estimate of drug-likeness (QED) is 0.128. The standard InChI is InChI=1S/C33H32BClF2N6O11/c35-24-19(14-21(37)26(45)27(24)46)25(29(47)39-22-12-15-4-5-20(36)23(30(48)49)28(15)54-34(22)53)40-32(51)43-11-10-42(33(43)52)17-6-8-41(9-7-17)31(50)38-16-2-1-3-18(44)13-16/h1-5,13-14,17,22,25,44-46,53H,6-12H2,(H,38,50)(H,39,47)(H,40,51)(H,48,49). The molecule has 0 saturated carbocycles. The molecule has 6 rings (SSSR count). The van der Waals surface area contributed by atoms with E-state index in [-0.39, 0.29) is 50.0 Å². The lowest BCUT2D eigenvalue weighted by Crippen LogP contribution is -2.56. The third kappa shape index (κ3) is 7.42. The number of nitrogens with one attached hydrogen (secondary N) is 3. The fraction of sp³-hybridized carbons (Fsp3) is 0.303. The Morgan fingerprint density at radius 3 is 2.35 bits per heavy atom. The van der Waals surface area contributed by atoms with Crippen LogP contribution in [0.4, 0.5) is 28.9 Å². The summed E-state index contributed by atoms with van der Waals surface area (Å²) in [5, 5.41) is 56.5. The van der Waals surface area contributed by atoms with E-state index in [2.05, 4.69) is 16.0 Å². The number of amides is 7. The number of rotatable bonds is 7. The summed E-state index contributed by atoms with van der Waals surface area (Å²) in [6.45, 7) is 0.516. The first-order valence-electron chi connectivity index (χ1n) is 16.5. The number of phenols is 3. The molecule has 3 aromatic rings. The summed E-state index contributed by atoms with van der Waals surface area (Å²) >= 11 is 6.19. The number of piperidine rings is 1. The van der Waals surface area contributed by atoms with Crippen molar-refractivity contribution in [2.24, 2.45) is 0 Å². The van der Waals surface area contributed by atoms with E-state index in [9.17, 15) is 58.2 Å². The zero-order chi connectivity index (χ0) is 39.0. The molecule has 54 heavy (non-hydrogen) atoms. The molecule has 8 N–H and O–H groups in total. The van der Waals surface area contributed by atoms with Crippen molar-refractivity contribution in [2.45, 2.75) is 37.3 Å². The molecule has 284 valence electrons. The highest BCUT2D eigenvalue weighted by Gasteiger charge is 2.43. The van der Waals surface area contributed by atoms with Crippen LogP contribution in [0, 0.1) is 11.6 Å². The van der Waals surface area contributed by atoms with Gasteiger partial charge in [0.15, 0.2) is 17.3 Å². The molecule has 7 amide bonds. The number of phenolic OH excluding ortho intramolecular Hbond substituents is 3. The van der Waals surface area contributed by atoms with Gasteiger partial charge in [-0.05, 0) is 49.1 Å². The molecule has 0 bridgehead atoms. The first-order chi connectivity index (χ1) is 25.6. The molecule has 3 heterocycles. The number of nitrogens with zero attached hydrogens (tertiary/aromatic N) is 3. The second-order valence-corrected chi connectivity index (χ2v) is 13.1. The predicted molar refractivity (Wildman–Crippen MR) is 184 cm³/mol. The van der Waals surface area contributed by atoms with Gasteiger partial charge < -0.3 is 55.9 Å². The number of carbonyl (C=O) groups excluding carboxylic acids is 4. The van der Waals surface area contributed by atoms with E-state index >= 15 is 0 Å². The van der Waals surface area contributed by atoms with Gasteiger partial charge >= 0.3 is 31.2 Å². The Balaban J connectivity index is 1.15. The summed E-state index contributed by atoms with van der Waals surface area (Å²) in [5.74, 6) is -9.58. The zero-order valence-corrected chi connectivity index (χ0v) is 28.7. The number of urea groups is 3. The Bertz CT molecular complexity index is 2040. The van der Waals surface area contributed by atoms with Crippen LogP contribution in [0.2, 0.25) is 5.02 Å². The number of fused-ring (bicyclic) bond motifs is 1. The van der Waals surface area contributed by atoms with E-state index in [1.54, 1.807) is 17.0 Å². The minimum absolute atomic E-state index is 0.0173. The number of carbonyl (C=O) groups is 5. The molecule has 2 fully saturated rings. The lowest BCUT2D eigenvalue weighted by molar-refractivity contribution is -0.123. The van der Waals surface area contributed by atoms with Crippen LogP contribution < -0.4 is 20.6 Å². The Morgan fingerprint density at radius 1 is 0.944 bits per heavy atom. The highest BCUT2D eigenvalue weighted by Crippen LogP contribution is 2.41. The van der Waals surface area contributed by atoms with Crippen LogP contribution in [0.5, 0.6) is 23.0 Å². The van der Waals surface area contributed by atoms with Gasteiger partial charge in [-0.15, -0.1) is 0 Å². The number of hydrogen-bond acceptors (Lipinski definition) is 10. The zero-order valence-electron chi connectivity index (χ0n) is 28.0. The molecular formula is C33H32BClF2N6O11. The summed E-state index contributed by atoms with van der Waals surface area (Å²) in [5.41, 5.74) is -0.885. The Morgan fingerprint density at radius 2 is 1.67 bits per heavy atom. The minimum Gasteiger partial charge on any atom is -0.534 e. The molecular weight excluding hydrogens is 741 g/mol. The van der Waals surface area contributed by atoms with Gasteiger partial charge in [0.2, 0.25) is 5.91 Å². The number of likely N-dealkylation sites (tertiary alicyclic amines) is 1. The summed E-state index contributed by atoms with van der Waals surface area (Å²) in [6, 6.07) is 4.11. The number of anilines is 1. The van der Waals surface area contributed by atoms with Crippen LogP contribution in [0.3, 0.4) is 0 Å². The minimum atomic E-state index is -1.96. The van der Waals surface area contributed by atoms with Gasteiger partial charge in [-0.1, -0.05) is 23.7 Å². The SMILES string of the molecule is O=C(O)c1c(F)ccc2c1OB(O)C(NC(=O)C(NC(=O)N1CCN(C3CCN(C(=O)Nc4cccc(O)c4)CC3)C1=O)c1cc(F)c(O)c(O)c1Cl)C2. The molecule has 3 aliphatic heterocycles. The van der Waals surface area contributed by atoms with Crippen LogP contribution in [-0.4, -0.2) is 115 Å². The first-order valence-corrected chi connectivity index (χ1v) is 16.9. The van der Waals surface area contributed by atoms with Gasteiger partial charge in [-0.3, -0.25) is 4.79 Å². The van der Waals surface area contributed by atoms with Gasteiger partial charge in [0.25, 0.3) is 0 Å². The number of aromatic hydroxyl groups is 3. The molecule has 21 heteroatoms. The van der Waals surface area contributed by atoms with E-state index < -0.39 is 94.1 Å². The molecule has 2 saturated heterocycles. The average molecular weight is 773 g/mol. The average Bonchev–Trinajstić information content (AvgIpc) is 3.52. The molecule has 3 aromatic carbocycles. The lowest BCUT2D eigenvalue weighted by Gasteiger charge is -2.36. The normalized spacial score (nSPS) is 17.8. The van der Waals surface area contributed by atoms with Gasteiger partial charge in [0.05, 0.1) is 11.0 Å². The van der Waals surface area contributed by atoms with E-state index in [0.29, 0.717) is 24.6 Å². The van der Waals surface area contributed by atoms with E-state index in [1.807, 2.05) is 0 Å². The number of halogens is 3. The summed E-state index contributed by atoms with van der Waals surface area (Å²) in [6.07, 6.45) is 0.454. The van der Waals surface area contributed by atoms with Crippen molar-refractivity contribution in [1.82, 2.24) is 25.3 Å². The van der Waals surface area contributed by atoms with Crippen molar-refractivity contribution in [3.8, 4) is 23.0 Å². The van der Waals surface area contributed by atoms with Crippen LogP contribution in [-0.2, 0) is 11.2 Å². The van der Waals surface area contributed by atoms with Gasteiger partial charge in [-0.2, -0.15) is 0 Å². The monoisotopic (exact) mass is 772 g/mol. The number of hydrogen-bond donors (Lipinski definition) is 8. The molecule has 3 aliphatic rings. The largest absolute Gasteiger partial charge is 0.547 e. The highest BCUT2D eigenvalue weighted by atomic mass is 35.5. The number of imide groups is 1. The van der Waals surface area contributed by atoms with Gasteiger partial charge in [0, 0.05) is 49.5 Å². The predicted octanol–water partition coefficient (Wildman–Crippen LogP) is 2.76. The van der Waals surface area contributed by atoms with E-state index in [4.69, 9.17) is 16.3 Å². The fourth-order valence-electron chi connectivity index (χ4n) is 6.59. The fourth-order valence-corrected chi connectivity index (χ4v) is 6.84. The third-order valence-electron chi connectivity index (χ3n) is 9.36. The summed E-state index contributed by atoms with van der Waals surface area (Å²) in [4.78, 5) is 69.1. The van der Waals surface area contributed by atoms with Crippen LogP contribution in [0.25, 0.3) is 0 Å². The second kappa shape index (κ2) is 15.1. The third-order valence-corrected chi connectivity index (χ3v) is 9.76. The lowest BCUT2D eigenvalue weighted by atomic mass is 9.72. The second-order valence-electron chi connectivity index (χ2n) is 12.7. The smallest absolute Gasteiger partial charge is 0.534 e. The Hall–Kier alpha value is -6.02. The van der Waals surface area contributed by atoms with E-state index in [1.165, 1.54) is 23.1 Å². The highest BCUT2D eigenvalue weighted by molar-refractivity contribution is 6.47. The van der Waals surface area contributed by atoms with Crippen molar-refractivity contribution in [3.05, 3.63) is 75.8 Å². The number of carboxylic acids is 1. The Kier molecular flexibility index (Phi) is 10.6. The maximum Gasteiger partial charge on any atom is 0.547 e. The van der Waals surface area contributed by atoms with Crippen molar-refractivity contribution < 1.29 is 62.9 Å². The number of aromatic carboxylic acids is 1. The summed E-state index contributed by atoms with van der Waals surface area (Å²) in [7, 11) is -1.93. The van der Waals surface area contributed by atoms with Crippen LogP contribution in [0.1, 0.15) is 40.4 Å². The Labute approximate surface area is 309 Å². The molecule has 0 aromatic heterocycles. The van der Waals surface area contributed by atoms with Crippen molar-refractivity contribution in [3.63, 3.8) is 0 Å². The maximum absolute atomic E-state index is 14.7. The van der Waals surface area contributed by atoms with Crippen LogP contribution >= 0.6 is 11.6 Å². The molecule has 0 spiro atoms. The van der Waals surface area contributed by atoms with Crippen molar-refractivity contribution >= 4 is 54.4 Å². The summed E-state index contributed by atoms with van der Waals surface area (Å²) < 4.78 is 34.2. The maximum atomic E-state index is 14.7. The van der Waals surface area contributed by atoms with Crippen molar-refractivity contribution in [1.29, 1.82) is 0 Å². The first kappa shape index (κ1) is 37.7. The molecule has 17 nitrogen and oxygen atoms in total. The number of benzene rings is 3. The van der Waals surface area contributed by atoms with Crippen molar-refractivity contribution in [2.75, 3.05) is 31.5 Å². The van der Waals surface area contributed by atoms with Crippen LogP contribution in [0.15, 0.2) is 42.5 Å². The molecule has 2 unspecified atom stereocenters. The number of carboxylic acid groups (broad SMARTS) is 1. The van der Waals surface area contributed by atoms with E-state index in [0.717, 1.165) is 11.0 Å².